The van der Waals surface area contributed by atoms with Gasteiger partial charge in [0.05, 0.1) is 12.4 Å². The van der Waals surface area contributed by atoms with E-state index in [2.05, 4.69) is 0 Å². The van der Waals surface area contributed by atoms with E-state index < -0.39 is 10.0 Å². The van der Waals surface area contributed by atoms with Crippen molar-refractivity contribution >= 4 is 10.0 Å². The van der Waals surface area contributed by atoms with Gasteiger partial charge in [0.15, 0.2) is 0 Å². The second kappa shape index (κ2) is 8.07. The molecule has 0 aliphatic carbocycles. The number of aliphatic hydroxyl groups excluding tert-OH is 1. The second-order valence-corrected chi connectivity index (χ2v) is 5.73. The first kappa shape index (κ1) is 14.9. The Morgan fingerprint density at radius 1 is 1.07 bits per heavy atom. The van der Waals surface area contributed by atoms with Crippen molar-refractivity contribution in [1.82, 2.24) is 4.31 Å². The molecule has 0 radical (unpaired) electrons. The molecular formula is C10H23NO3S. The van der Waals surface area contributed by atoms with Gasteiger partial charge in [-0.3, -0.25) is 0 Å². The average Bonchev–Trinajstić information content (AvgIpc) is 2.21. The Labute approximate surface area is 93.3 Å². The quantitative estimate of drug-likeness (QED) is 0.656. The minimum Gasteiger partial charge on any atom is -0.395 e. The van der Waals surface area contributed by atoms with Crippen LogP contribution in [0, 0.1) is 0 Å². The van der Waals surface area contributed by atoms with Crippen LogP contribution in [0.3, 0.4) is 0 Å². The van der Waals surface area contributed by atoms with Gasteiger partial charge in [-0.2, -0.15) is 4.31 Å². The first-order valence-corrected chi connectivity index (χ1v) is 7.28. The highest BCUT2D eigenvalue weighted by atomic mass is 32.2. The van der Waals surface area contributed by atoms with Crippen LogP contribution in [0.1, 0.15) is 39.5 Å². The van der Waals surface area contributed by atoms with Gasteiger partial charge >= 0.3 is 0 Å². The van der Waals surface area contributed by atoms with Crippen molar-refractivity contribution in [2.75, 3.05) is 25.4 Å². The first-order valence-electron chi connectivity index (χ1n) is 5.67. The Kier molecular flexibility index (Phi) is 8.00. The third kappa shape index (κ3) is 6.12. The lowest BCUT2D eigenvalue weighted by molar-refractivity contribution is 0.252. The van der Waals surface area contributed by atoms with E-state index in [1.54, 1.807) is 0 Å². The number of unbranched alkanes of at least 4 members (excludes halogenated alkanes) is 2. The molecule has 0 aliphatic rings. The Morgan fingerprint density at radius 2 is 1.67 bits per heavy atom. The first-order chi connectivity index (χ1) is 7.08. The van der Waals surface area contributed by atoms with Gasteiger partial charge < -0.3 is 5.11 Å². The van der Waals surface area contributed by atoms with Gasteiger partial charge in [0, 0.05) is 13.1 Å². The lowest BCUT2D eigenvalue weighted by Gasteiger charge is -2.20. The summed E-state index contributed by atoms with van der Waals surface area (Å²) in [4.78, 5) is 0. The molecule has 0 aromatic carbocycles. The van der Waals surface area contributed by atoms with Crippen LogP contribution in [0.5, 0.6) is 0 Å². The molecule has 0 spiro atoms. The average molecular weight is 237 g/mol. The van der Waals surface area contributed by atoms with Crippen molar-refractivity contribution in [3.8, 4) is 0 Å². The Morgan fingerprint density at radius 3 is 2.13 bits per heavy atom. The molecular weight excluding hydrogens is 214 g/mol. The summed E-state index contributed by atoms with van der Waals surface area (Å²) < 4.78 is 25.0. The van der Waals surface area contributed by atoms with Gasteiger partial charge in [0.2, 0.25) is 10.0 Å². The van der Waals surface area contributed by atoms with Crippen LogP contribution in [-0.4, -0.2) is 43.3 Å². The summed E-state index contributed by atoms with van der Waals surface area (Å²) in [6.45, 7) is 4.65. The van der Waals surface area contributed by atoms with E-state index in [-0.39, 0.29) is 18.9 Å². The van der Waals surface area contributed by atoms with Gasteiger partial charge in [-0.25, -0.2) is 8.42 Å². The highest BCUT2D eigenvalue weighted by molar-refractivity contribution is 7.89. The Balaban J connectivity index is 4.30. The minimum absolute atomic E-state index is 0.102. The van der Waals surface area contributed by atoms with Crippen LogP contribution in [0.2, 0.25) is 0 Å². The number of rotatable bonds is 9. The van der Waals surface area contributed by atoms with Gasteiger partial charge in [-0.15, -0.1) is 0 Å². The number of sulfonamides is 1. The molecule has 0 rings (SSSR count). The van der Waals surface area contributed by atoms with Gasteiger partial charge in [0.1, 0.15) is 0 Å². The number of nitrogens with zero attached hydrogens (tertiary/aromatic N) is 1. The lowest BCUT2D eigenvalue weighted by atomic mass is 10.3. The van der Waals surface area contributed by atoms with Crippen LogP contribution in [-0.2, 0) is 10.0 Å². The van der Waals surface area contributed by atoms with Crippen molar-refractivity contribution in [1.29, 1.82) is 0 Å². The number of hydrogen-bond donors (Lipinski definition) is 1. The molecule has 0 saturated heterocycles. The largest absolute Gasteiger partial charge is 0.395 e. The Hall–Kier alpha value is -0.130. The summed E-state index contributed by atoms with van der Waals surface area (Å²) in [5.74, 6) is 0.202. The van der Waals surface area contributed by atoms with Crippen molar-refractivity contribution in [2.24, 2.45) is 0 Å². The number of hydrogen-bond acceptors (Lipinski definition) is 3. The highest BCUT2D eigenvalue weighted by Gasteiger charge is 2.19. The molecule has 0 aromatic rings. The SMILES string of the molecule is CCCCN(CCO)S(=O)(=O)CCCC. The molecule has 0 aliphatic heterocycles. The lowest BCUT2D eigenvalue weighted by Crippen LogP contribution is -2.36. The van der Waals surface area contributed by atoms with E-state index in [4.69, 9.17) is 5.11 Å². The Bertz CT molecular complexity index is 239. The van der Waals surface area contributed by atoms with Crippen molar-refractivity contribution in [3.63, 3.8) is 0 Å². The summed E-state index contributed by atoms with van der Waals surface area (Å²) in [6.07, 6.45) is 3.38. The van der Waals surface area contributed by atoms with E-state index >= 15 is 0 Å². The zero-order chi connectivity index (χ0) is 11.7. The van der Waals surface area contributed by atoms with Crippen LogP contribution in [0.25, 0.3) is 0 Å². The molecule has 0 aromatic heterocycles. The molecule has 92 valence electrons. The summed E-state index contributed by atoms with van der Waals surface area (Å²) >= 11 is 0. The van der Waals surface area contributed by atoms with Gasteiger partial charge in [0.25, 0.3) is 0 Å². The molecule has 0 fully saturated rings. The molecule has 4 nitrogen and oxygen atoms in total. The highest BCUT2D eigenvalue weighted by Crippen LogP contribution is 2.06. The molecule has 0 unspecified atom stereocenters. The maximum absolute atomic E-state index is 11.8. The normalized spacial score (nSPS) is 12.3. The minimum atomic E-state index is -3.15. The molecule has 5 heteroatoms. The van der Waals surface area contributed by atoms with E-state index in [0.717, 1.165) is 19.3 Å². The van der Waals surface area contributed by atoms with E-state index in [9.17, 15) is 8.42 Å². The van der Waals surface area contributed by atoms with Crippen molar-refractivity contribution in [3.05, 3.63) is 0 Å². The molecule has 0 atom stereocenters. The summed E-state index contributed by atoms with van der Waals surface area (Å²) in [5, 5.41) is 8.82. The molecule has 0 heterocycles. The smallest absolute Gasteiger partial charge is 0.214 e. The zero-order valence-electron chi connectivity index (χ0n) is 9.78. The van der Waals surface area contributed by atoms with Crippen molar-refractivity contribution in [2.45, 2.75) is 39.5 Å². The third-order valence-corrected chi connectivity index (χ3v) is 4.22. The van der Waals surface area contributed by atoms with E-state index in [1.165, 1.54) is 4.31 Å². The van der Waals surface area contributed by atoms with E-state index in [0.29, 0.717) is 13.0 Å². The molecule has 0 saturated carbocycles. The fourth-order valence-corrected chi connectivity index (χ4v) is 2.97. The van der Waals surface area contributed by atoms with Gasteiger partial charge in [-0.1, -0.05) is 26.7 Å². The predicted molar refractivity (Wildman–Crippen MR) is 62.3 cm³/mol. The molecule has 0 bridgehead atoms. The third-order valence-electron chi connectivity index (χ3n) is 2.26. The van der Waals surface area contributed by atoms with Crippen LogP contribution in [0.15, 0.2) is 0 Å². The molecule has 1 N–H and O–H groups in total. The fourth-order valence-electron chi connectivity index (χ4n) is 1.29. The van der Waals surface area contributed by atoms with Crippen LogP contribution >= 0.6 is 0 Å². The maximum Gasteiger partial charge on any atom is 0.214 e. The summed E-state index contributed by atoms with van der Waals surface area (Å²) in [6, 6.07) is 0. The topological polar surface area (TPSA) is 57.6 Å². The predicted octanol–water partition coefficient (Wildman–Crippen LogP) is 1.21. The van der Waals surface area contributed by atoms with Crippen LogP contribution < -0.4 is 0 Å². The van der Waals surface area contributed by atoms with Crippen LogP contribution in [0.4, 0.5) is 0 Å². The molecule has 0 amide bonds. The summed E-state index contributed by atoms with van der Waals surface area (Å²) in [7, 11) is -3.15. The van der Waals surface area contributed by atoms with Gasteiger partial charge in [-0.05, 0) is 12.8 Å². The zero-order valence-corrected chi connectivity index (χ0v) is 10.6. The number of aliphatic hydroxyl groups is 1. The maximum atomic E-state index is 11.8. The molecule has 15 heavy (non-hydrogen) atoms. The summed E-state index contributed by atoms with van der Waals surface area (Å²) in [5.41, 5.74) is 0. The fraction of sp³-hybridized carbons (Fsp3) is 1.00. The standard InChI is InChI=1S/C10H23NO3S/c1-3-5-7-11(8-9-12)15(13,14)10-6-4-2/h12H,3-10H2,1-2H3. The monoisotopic (exact) mass is 237 g/mol. The van der Waals surface area contributed by atoms with Crippen molar-refractivity contribution < 1.29 is 13.5 Å². The second-order valence-electron chi connectivity index (χ2n) is 3.65. The van der Waals surface area contributed by atoms with E-state index in [1.807, 2.05) is 13.8 Å².